The van der Waals surface area contributed by atoms with Crippen molar-refractivity contribution in [3.63, 3.8) is 0 Å². The van der Waals surface area contributed by atoms with Crippen LogP contribution in [-0.2, 0) is 67.7 Å². The van der Waals surface area contributed by atoms with Gasteiger partial charge in [-0.15, -0.1) is 0 Å². The molecule has 20 nitrogen and oxygen atoms in total. The monoisotopic (exact) mass is 1350 g/mol. The topological polar surface area (TPSA) is 266 Å². The third kappa shape index (κ3) is 21.3. The number of anilines is 2. The first-order valence-corrected chi connectivity index (χ1v) is 36.8. The van der Waals surface area contributed by atoms with Gasteiger partial charge in [0, 0.05) is 90.9 Å². The summed E-state index contributed by atoms with van der Waals surface area (Å²) in [5, 5.41) is 22.6. The number of para-hydroxylation sites is 2. The molecule has 0 saturated heterocycles. The molecule has 5 aromatic rings. The third-order valence-corrected chi connectivity index (χ3v) is 19.6. The zero-order valence-corrected chi connectivity index (χ0v) is 58.3. The Morgan fingerprint density at radius 3 is 1.98 bits per heavy atom. The number of unbranched alkanes of at least 4 members (excludes halogenated alkanes) is 2. The lowest BCUT2D eigenvalue weighted by Crippen LogP contribution is -2.28. The van der Waals surface area contributed by atoms with Crippen molar-refractivity contribution in [2.75, 3.05) is 114 Å². The molecular formula is C73H102N7O13S2+. The summed E-state index contributed by atoms with van der Waals surface area (Å²) in [4.78, 5) is 14.6. The summed E-state index contributed by atoms with van der Waals surface area (Å²) in [5.41, 5.74) is 18.7. The predicted octanol–water partition coefficient (Wildman–Crippen LogP) is 11.0. The van der Waals surface area contributed by atoms with Crippen LogP contribution in [0.4, 0.5) is 17.1 Å². The van der Waals surface area contributed by atoms with Gasteiger partial charge in [0.05, 0.1) is 98.5 Å². The molecule has 95 heavy (non-hydrogen) atoms. The molecule has 1 aromatic heterocycles. The largest absolute Gasteiger partial charge is 0.388 e. The average Bonchev–Trinajstić information content (AvgIpc) is 1.62. The molecule has 0 spiro atoms. The number of nitrogens with one attached hydrogen (secondary N) is 2. The number of aryl methyl sites for hydroxylation is 1. The Bertz CT molecular complexity index is 3710. The Morgan fingerprint density at radius 2 is 1.34 bits per heavy atom. The van der Waals surface area contributed by atoms with Gasteiger partial charge in [0.2, 0.25) is 5.69 Å². The number of ether oxygens (including phenoxy) is 5. The van der Waals surface area contributed by atoms with Crippen molar-refractivity contribution < 1.29 is 64.1 Å². The van der Waals surface area contributed by atoms with Gasteiger partial charge in [-0.3, -0.25) is 13.9 Å². The van der Waals surface area contributed by atoms with E-state index in [2.05, 4.69) is 147 Å². The van der Waals surface area contributed by atoms with Gasteiger partial charge in [0.25, 0.3) is 26.1 Å². The number of benzene rings is 4. The minimum absolute atomic E-state index is 0.000365. The van der Waals surface area contributed by atoms with Crippen LogP contribution in [0.15, 0.2) is 127 Å². The van der Waals surface area contributed by atoms with Gasteiger partial charge in [-0.2, -0.15) is 26.5 Å². The van der Waals surface area contributed by atoms with Gasteiger partial charge >= 0.3 is 0 Å². The number of primary amides is 1. The van der Waals surface area contributed by atoms with Gasteiger partial charge in [-0.1, -0.05) is 107 Å². The number of allylic oxidation sites excluding steroid dienone is 6. The van der Waals surface area contributed by atoms with Crippen molar-refractivity contribution in [1.29, 1.82) is 0 Å². The van der Waals surface area contributed by atoms with Crippen molar-refractivity contribution >= 4 is 48.9 Å². The number of carbonyl (C=O) groups excluding carboxylic acids is 1. The number of aliphatic hydroxyl groups excluding tert-OH is 1. The molecule has 2 atom stereocenters. The summed E-state index contributed by atoms with van der Waals surface area (Å²) in [7, 11) is -8.11. The second kappa shape index (κ2) is 34.7. The van der Waals surface area contributed by atoms with Gasteiger partial charge < -0.3 is 50.1 Å². The number of fused-ring (bicyclic) bond motifs is 3. The molecule has 7 N–H and O–H groups in total. The summed E-state index contributed by atoms with van der Waals surface area (Å²) in [6.07, 6.45) is 16.1. The second-order valence-electron chi connectivity index (χ2n) is 26.8. The first-order valence-electron chi connectivity index (χ1n) is 33.5. The van der Waals surface area contributed by atoms with Gasteiger partial charge in [-0.05, 0) is 131 Å². The van der Waals surface area contributed by atoms with E-state index in [9.17, 15) is 35.8 Å². The standard InChI is InChI=1S/C73H101N7O13S2/c1-54-69-65(51-71(2,3)52-66(69)81)80(77-54)58-31-32-59(70(74)82)62(50-58)76-35-19-39-90-41-43-92-45-47-93-46-44-91-42-40-89-38-18-34-75-53-55-26-28-57(29-27-55)56(30-33-68-73(6,7)61-22-10-12-24-64(61)79(68)37-15-17-49-95(86,87)88)20-8-13-25-67-72(4,5)60-21-9-11-23-63(60)78(67)36-14-16-48-94(83,84)85/h8-13,21-33,50,56,66,75,81H,14-20,34-49,51-53H2,1-7H3,(H4-,74,76,82,83,84,85,86,87,88)/p+1/b13-8+,33-30+,67-25-. The molecule has 0 bridgehead atoms. The minimum Gasteiger partial charge on any atom is -0.388 e. The number of nitrogens with zero attached hydrogens (tertiary/aromatic N) is 4. The highest BCUT2D eigenvalue weighted by molar-refractivity contribution is 7.86. The SMILES string of the molecule is Cc1nn(-c2ccc(C(N)=O)c(NCCCOCCOCCOCCOCCOCCCNCc3ccc(C(/C=C/C4=[N+](CCCCS(=O)(=O)O)c5ccccc5C4(C)C)C/C=C/C=C4\N(CCCCS(=O)(=O)O)c5ccccc5C4(C)C)cc3)c2)c2c1C(O)CC(C)(C)C2. The van der Waals surface area contributed by atoms with E-state index in [1.807, 2.05) is 41.9 Å². The average molecular weight is 1350 g/mol. The number of aromatic nitrogens is 2. The van der Waals surface area contributed by atoms with Crippen molar-refractivity contribution in [3.8, 4) is 5.69 Å². The van der Waals surface area contributed by atoms with Crippen molar-refractivity contribution in [2.45, 2.75) is 136 Å². The lowest BCUT2D eigenvalue weighted by atomic mass is 9.75. The van der Waals surface area contributed by atoms with Crippen LogP contribution >= 0.6 is 0 Å². The van der Waals surface area contributed by atoms with E-state index in [0.717, 1.165) is 75.9 Å². The fraction of sp³-hybridized carbons (Fsp3) is 0.521. The highest BCUT2D eigenvalue weighted by atomic mass is 32.2. The van der Waals surface area contributed by atoms with Crippen LogP contribution in [-0.4, -0.2) is 161 Å². The highest BCUT2D eigenvalue weighted by Gasteiger charge is 2.44. The van der Waals surface area contributed by atoms with Crippen LogP contribution in [0, 0.1) is 12.3 Å². The zero-order chi connectivity index (χ0) is 68.2. The first kappa shape index (κ1) is 74.4. The third-order valence-electron chi connectivity index (χ3n) is 18.0. The quantitative estimate of drug-likeness (QED) is 0.0121. The summed E-state index contributed by atoms with van der Waals surface area (Å²) < 4.78 is 98.0. The van der Waals surface area contributed by atoms with E-state index < -0.39 is 32.2 Å². The number of rotatable bonds is 41. The fourth-order valence-corrected chi connectivity index (χ4v) is 14.3. The molecule has 1 aliphatic carbocycles. The molecule has 8 rings (SSSR count). The maximum absolute atomic E-state index is 12.3. The number of amides is 1. The first-order chi connectivity index (χ1) is 45.3. The van der Waals surface area contributed by atoms with Crippen LogP contribution < -0.4 is 21.3 Å². The van der Waals surface area contributed by atoms with Crippen LogP contribution in [0.5, 0.6) is 0 Å². The van der Waals surface area contributed by atoms with Crippen LogP contribution in [0.2, 0.25) is 0 Å². The van der Waals surface area contributed by atoms with E-state index in [4.69, 9.17) is 34.5 Å². The Hall–Kier alpha value is -6.41. The predicted molar refractivity (Wildman–Crippen MR) is 375 cm³/mol. The summed E-state index contributed by atoms with van der Waals surface area (Å²) >= 11 is 0. The highest BCUT2D eigenvalue weighted by Crippen LogP contribution is 2.48. The molecule has 4 aromatic carbocycles. The van der Waals surface area contributed by atoms with E-state index in [0.29, 0.717) is 148 Å². The fourth-order valence-electron chi connectivity index (χ4n) is 13.2. The molecular weight excluding hydrogens is 1250 g/mol. The van der Waals surface area contributed by atoms with Crippen molar-refractivity contribution in [2.24, 2.45) is 11.1 Å². The number of hydrogen-bond acceptors (Lipinski definition) is 15. The van der Waals surface area contributed by atoms with Crippen LogP contribution in [0.3, 0.4) is 0 Å². The van der Waals surface area contributed by atoms with Gasteiger partial charge in [0.1, 0.15) is 6.54 Å². The number of hydrogen-bond donors (Lipinski definition) is 6. The smallest absolute Gasteiger partial charge is 0.264 e. The Balaban J connectivity index is 0.725. The lowest BCUT2D eigenvalue weighted by Gasteiger charge is -2.33. The van der Waals surface area contributed by atoms with Crippen molar-refractivity contribution in [3.05, 3.63) is 172 Å². The van der Waals surface area contributed by atoms with Crippen molar-refractivity contribution in [1.82, 2.24) is 15.1 Å². The number of nitrogens with two attached hydrogens (primary N) is 1. The lowest BCUT2D eigenvalue weighted by molar-refractivity contribution is -0.438. The Kier molecular flexibility index (Phi) is 27.2. The molecule has 518 valence electrons. The van der Waals surface area contributed by atoms with Crippen LogP contribution in [0.25, 0.3) is 5.69 Å². The number of carbonyl (C=O) groups is 1. The van der Waals surface area contributed by atoms with E-state index in [-0.39, 0.29) is 33.7 Å². The molecule has 0 radical (unpaired) electrons. The van der Waals surface area contributed by atoms with Gasteiger partial charge in [0.15, 0.2) is 5.71 Å². The molecule has 3 aliphatic rings. The molecule has 2 aliphatic heterocycles. The molecule has 2 unspecified atom stereocenters. The summed E-state index contributed by atoms with van der Waals surface area (Å²) in [6.45, 7) is 23.2. The maximum atomic E-state index is 12.3. The Labute approximate surface area is 563 Å². The maximum Gasteiger partial charge on any atom is 0.264 e. The van der Waals surface area contributed by atoms with E-state index >= 15 is 0 Å². The molecule has 22 heteroatoms. The van der Waals surface area contributed by atoms with E-state index in [1.165, 1.54) is 11.1 Å². The van der Waals surface area contributed by atoms with E-state index in [1.54, 1.807) is 6.07 Å². The number of aliphatic hydroxyl groups is 1. The molecule has 1 amide bonds. The second-order valence-corrected chi connectivity index (χ2v) is 29.9. The minimum atomic E-state index is -4.06. The van der Waals surface area contributed by atoms with Crippen LogP contribution in [0.1, 0.15) is 154 Å². The normalized spacial score (nSPS) is 17.3. The molecule has 0 saturated carbocycles. The molecule has 3 heterocycles. The summed E-state index contributed by atoms with van der Waals surface area (Å²) in [5.74, 6) is -1.07. The Morgan fingerprint density at radius 1 is 0.737 bits per heavy atom. The molecule has 0 fully saturated rings. The van der Waals surface area contributed by atoms with Gasteiger partial charge in [-0.25, -0.2) is 4.68 Å². The summed E-state index contributed by atoms with van der Waals surface area (Å²) in [6, 6.07) is 30.9. The zero-order valence-electron chi connectivity index (χ0n) is 56.7.